The van der Waals surface area contributed by atoms with Crippen LogP contribution in [0.2, 0.25) is 0 Å². The van der Waals surface area contributed by atoms with Gasteiger partial charge in [-0.05, 0) is 12.1 Å². The zero-order valence-corrected chi connectivity index (χ0v) is 12.6. The number of methoxy groups -OCH3 is 2. The van der Waals surface area contributed by atoms with Crippen LogP contribution in [0.1, 0.15) is 10.4 Å². The number of esters is 1. The fourth-order valence-corrected chi connectivity index (χ4v) is 2.20. The molecule has 2 aromatic rings. The molecule has 8 nitrogen and oxygen atoms in total. The molecule has 1 aromatic heterocycles. The van der Waals surface area contributed by atoms with Crippen LogP contribution < -0.4 is 4.74 Å². The first kappa shape index (κ1) is 15.8. The quantitative estimate of drug-likeness (QED) is 0.606. The molecule has 1 heterocycles. The van der Waals surface area contributed by atoms with Gasteiger partial charge in [-0.2, -0.15) is 0 Å². The molecule has 0 aliphatic rings. The summed E-state index contributed by atoms with van der Waals surface area (Å²) >= 11 is 1.01. The van der Waals surface area contributed by atoms with Crippen LogP contribution in [0.15, 0.2) is 23.4 Å². The molecule has 2 N–H and O–H groups in total. The lowest BCUT2D eigenvalue weighted by Gasteiger charge is -2.07. The zero-order valence-electron chi connectivity index (χ0n) is 11.8. The number of carboxylic acids is 1. The van der Waals surface area contributed by atoms with Crippen LogP contribution in [-0.4, -0.2) is 52.2 Å². The lowest BCUT2D eigenvalue weighted by Crippen LogP contribution is -2.04. The number of aromatic amines is 1. The Morgan fingerprint density at radius 1 is 1.36 bits per heavy atom. The molecule has 0 amide bonds. The lowest BCUT2D eigenvalue weighted by molar-refractivity contribution is -0.133. The summed E-state index contributed by atoms with van der Waals surface area (Å²) in [5.41, 5.74) is 0.952. The number of ether oxygens (including phenoxy) is 2. The molecule has 0 atom stereocenters. The van der Waals surface area contributed by atoms with Gasteiger partial charge in [-0.25, -0.2) is 9.78 Å². The molecular weight excluding hydrogens is 310 g/mol. The van der Waals surface area contributed by atoms with Gasteiger partial charge in [0.25, 0.3) is 0 Å². The van der Waals surface area contributed by atoms with Gasteiger partial charge in [-0.1, -0.05) is 17.8 Å². The number of hydrogen-bond donors (Lipinski definition) is 2. The summed E-state index contributed by atoms with van der Waals surface area (Å²) in [5, 5.41) is 15.6. The maximum atomic E-state index is 11.6. The van der Waals surface area contributed by atoms with Crippen molar-refractivity contribution in [3.63, 3.8) is 0 Å². The topological polar surface area (TPSA) is 114 Å². The van der Waals surface area contributed by atoms with Crippen molar-refractivity contribution in [2.45, 2.75) is 5.16 Å². The van der Waals surface area contributed by atoms with Crippen LogP contribution in [-0.2, 0) is 9.53 Å². The normalized spacial score (nSPS) is 10.3. The minimum atomic E-state index is -0.944. The molecule has 9 heteroatoms. The minimum absolute atomic E-state index is 0.123. The van der Waals surface area contributed by atoms with E-state index in [0.29, 0.717) is 27.9 Å². The van der Waals surface area contributed by atoms with Gasteiger partial charge >= 0.3 is 11.9 Å². The fraction of sp³-hybridized carbons (Fsp3) is 0.231. The highest BCUT2D eigenvalue weighted by Crippen LogP contribution is 2.26. The number of carbonyl (C=O) groups excluding carboxylic acids is 1. The largest absolute Gasteiger partial charge is 0.496 e. The highest BCUT2D eigenvalue weighted by molar-refractivity contribution is 7.99. The van der Waals surface area contributed by atoms with E-state index in [1.165, 1.54) is 14.2 Å². The molecule has 0 bridgehead atoms. The standard InChI is InChI=1S/C13H13N3O5S/c1-20-9-5-7(3-4-8(9)12(19)21-2)11-14-13(16-15-11)22-6-10(17)18/h3-5H,6H2,1-2H3,(H,17,18)(H,14,15,16). The van der Waals surface area contributed by atoms with E-state index in [1.54, 1.807) is 18.2 Å². The van der Waals surface area contributed by atoms with Crippen molar-refractivity contribution < 1.29 is 24.2 Å². The molecule has 116 valence electrons. The Bertz CT molecular complexity index is 701. The van der Waals surface area contributed by atoms with Crippen LogP contribution in [0.25, 0.3) is 11.4 Å². The first-order valence-electron chi connectivity index (χ1n) is 6.09. The summed E-state index contributed by atoms with van der Waals surface area (Å²) in [6, 6.07) is 4.85. The Hall–Kier alpha value is -2.55. The summed E-state index contributed by atoms with van der Waals surface area (Å²) in [6.07, 6.45) is 0. The number of H-pyrrole nitrogens is 1. The smallest absolute Gasteiger partial charge is 0.341 e. The molecule has 0 unspecified atom stereocenters. The number of thioether (sulfide) groups is 1. The summed E-state index contributed by atoms with van der Waals surface area (Å²) in [5.74, 6) is -0.774. The van der Waals surface area contributed by atoms with E-state index in [1.807, 2.05) is 0 Å². The molecule has 0 fully saturated rings. The molecule has 0 radical (unpaired) electrons. The first-order chi connectivity index (χ1) is 10.5. The third-order valence-corrected chi connectivity index (χ3v) is 3.50. The summed E-state index contributed by atoms with van der Waals surface area (Å²) < 4.78 is 9.84. The van der Waals surface area contributed by atoms with Gasteiger partial charge in [-0.15, -0.1) is 5.10 Å². The van der Waals surface area contributed by atoms with Crippen LogP contribution >= 0.6 is 11.8 Å². The van der Waals surface area contributed by atoms with Gasteiger partial charge in [0, 0.05) is 5.56 Å². The monoisotopic (exact) mass is 323 g/mol. The van der Waals surface area contributed by atoms with Crippen molar-refractivity contribution in [3.8, 4) is 17.1 Å². The van der Waals surface area contributed by atoms with Crippen LogP contribution in [0.5, 0.6) is 5.75 Å². The van der Waals surface area contributed by atoms with Crippen molar-refractivity contribution in [3.05, 3.63) is 23.8 Å². The van der Waals surface area contributed by atoms with Crippen molar-refractivity contribution in [2.24, 2.45) is 0 Å². The van der Waals surface area contributed by atoms with Crippen molar-refractivity contribution in [1.29, 1.82) is 0 Å². The van der Waals surface area contributed by atoms with Crippen LogP contribution in [0.3, 0.4) is 0 Å². The number of rotatable bonds is 6. The third kappa shape index (κ3) is 3.55. The Balaban J connectivity index is 2.26. The average molecular weight is 323 g/mol. The number of nitrogens with one attached hydrogen (secondary N) is 1. The zero-order chi connectivity index (χ0) is 16.1. The van der Waals surface area contributed by atoms with E-state index in [9.17, 15) is 9.59 Å². The summed E-state index contributed by atoms with van der Waals surface area (Å²) in [4.78, 5) is 26.3. The van der Waals surface area contributed by atoms with E-state index >= 15 is 0 Å². The number of aliphatic carboxylic acids is 1. The van der Waals surface area contributed by atoms with Gasteiger partial charge in [0.1, 0.15) is 11.3 Å². The van der Waals surface area contributed by atoms with Crippen LogP contribution in [0, 0.1) is 0 Å². The summed E-state index contributed by atoms with van der Waals surface area (Å²) in [7, 11) is 2.73. The van der Waals surface area contributed by atoms with Gasteiger partial charge in [0.05, 0.1) is 20.0 Å². The number of carboxylic acid groups (broad SMARTS) is 1. The molecule has 0 spiro atoms. The number of aromatic nitrogens is 3. The molecule has 22 heavy (non-hydrogen) atoms. The van der Waals surface area contributed by atoms with Gasteiger partial charge in [-0.3, -0.25) is 9.89 Å². The van der Waals surface area contributed by atoms with Gasteiger partial charge < -0.3 is 14.6 Å². The van der Waals surface area contributed by atoms with E-state index in [0.717, 1.165) is 11.8 Å². The second kappa shape index (κ2) is 6.94. The highest BCUT2D eigenvalue weighted by Gasteiger charge is 2.15. The van der Waals surface area contributed by atoms with Crippen molar-refractivity contribution in [1.82, 2.24) is 15.2 Å². The predicted octanol–water partition coefficient (Wildman–Crippen LogP) is 1.44. The number of nitrogens with zero attached hydrogens (tertiary/aromatic N) is 2. The lowest BCUT2D eigenvalue weighted by atomic mass is 10.1. The molecule has 0 aliphatic carbocycles. The maximum absolute atomic E-state index is 11.6. The highest BCUT2D eigenvalue weighted by atomic mass is 32.2. The van der Waals surface area contributed by atoms with E-state index in [4.69, 9.17) is 9.84 Å². The SMILES string of the molecule is COC(=O)c1ccc(-c2nc(SCC(=O)O)n[nH]2)cc1OC. The van der Waals surface area contributed by atoms with E-state index in [2.05, 4.69) is 19.9 Å². The first-order valence-corrected chi connectivity index (χ1v) is 7.07. The van der Waals surface area contributed by atoms with E-state index < -0.39 is 11.9 Å². The Morgan fingerprint density at radius 3 is 2.77 bits per heavy atom. The molecule has 2 rings (SSSR count). The Morgan fingerprint density at radius 2 is 2.14 bits per heavy atom. The number of benzene rings is 1. The second-order valence-electron chi connectivity index (χ2n) is 4.06. The second-order valence-corrected chi connectivity index (χ2v) is 5.00. The van der Waals surface area contributed by atoms with Crippen molar-refractivity contribution in [2.75, 3.05) is 20.0 Å². The maximum Gasteiger partial charge on any atom is 0.341 e. The van der Waals surface area contributed by atoms with Crippen LogP contribution in [0.4, 0.5) is 0 Å². The van der Waals surface area contributed by atoms with Crippen molar-refractivity contribution >= 4 is 23.7 Å². The fourth-order valence-electron chi connectivity index (χ4n) is 1.68. The summed E-state index contributed by atoms with van der Waals surface area (Å²) in [6.45, 7) is 0. The van der Waals surface area contributed by atoms with Gasteiger partial charge in [0.15, 0.2) is 5.82 Å². The van der Waals surface area contributed by atoms with Gasteiger partial charge in [0.2, 0.25) is 5.16 Å². The third-order valence-electron chi connectivity index (χ3n) is 2.67. The molecule has 0 saturated carbocycles. The molecular formula is C13H13N3O5S. The average Bonchev–Trinajstić information content (AvgIpc) is 3.00. The number of carbonyl (C=O) groups is 2. The molecule has 0 saturated heterocycles. The Labute approximate surface area is 129 Å². The predicted molar refractivity (Wildman–Crippen MR) is 78.1 cm³/mol. The Kier molecular flexibility index (Phi) is 4.99. The minimum Gasteiger partial charge on any atom is -0.496 e. The molecule has 1 aromatic carbocycles. The molecule has 0 aliphatic heterocycles. The number of hydrogen-bond acceptors (Lipinski definition) is 7. The van der Waals surface area contributed by atoms with E-state index in [-0.39, 0.29) is 5.75 Å².